The van der Waals surface area contributed by atoms with Crippen LogP contribution in [0.25, 0.3) is 0 Å². The highest BCUT2D eigenvalue weighted by Crippen LogP contribution is 2.19. The van der Waals surface area contributed by atoms with Crippen LogP contribution in [-0.4, -0.2) is 36.5 Å². The maximum Gasteiger partial charge on any atom is 0.225 e. The van der Waals surface area contributed by atoms with E-state index in [1.165, 1.54) is 6.54 Å². The Morgan fingerprint density at radius 2 is 1.94 bits per heavy atom. The molecule has 3 heteroatoms. The van der Waals surface area contributed by atoms with Gasteiger partial charge in [-0.2, -0.15) is 0 Å². The largest absolute Gasteiger partial charge is 0.352 e. The van der Waals surface area contributed by atoms with Crippen molar-refractivity contribution in [2.24, 2.45) is 17.3 Å². The lowest BCUT2D eigenvalue weighted by molar-refractivity contribution is -0.129. The van der Waals surface area contributed by atoms with Gasteiger partial charge >= 0.3 is 0 Å². The van der Waals surface area contributed by atoms with Crippen LogP contribution in [0.15, 0.2) is 0 Å². The van der Waals surface area contributed by atoms with Gasteiger partial charge < -0.3 is 10.2 Å². The molecule has 106 valence electrons. The van der Waals surface area contributed by atoms with Gasteiger partial charge in [-0.3, -0.25) is 4.79 Å². The first-order valence-corrected chi connectivity index (χ1v) is 7.21. The van der Waals surface area contributed by atoms with E-state index in [0.717, 1.165) is 19.5 Å². The average Bonchev–Trinajstić information content (AvgIpc) is 2.13. The summed E-state index contributed by atoms with van der Waals surface area (Å²) in [7, 11) is 0. The minimum absolute atomic E-state index is 0.172. The molecule has 0 aliphatic carbocycles. The van der Waals surface area contributed by atoms with Crippen LogP contribution in [-0.2, 0) is 4.79 Å². The third-order valence-corrected chi connectivity index (χ3v) is 3.38. The predicted molar refractivity (Wildman–Crippen MR) is 76.4 cm³/mol. The van der Waals surface area contributed by atoms with Crippen molar-refractivity contribution in [2.45, 2.75) is 54.0 Å². The maximum absolute atomic E-state index is 12.0. The minimum atomic E-state index is -0.288. The Hall–Kier alpha value is -0.570. The summed E-state index contributed by atoms with van der Waals surface area (Å²) in [6, 6.07) is 0.319. The average molecular weight is 254 g/mol. The molecule has 3 nitrogen and oxygen atoms in total. The fourth-order valence-electron chi connectivity index (χ4n) is 2.63. The molecule has 18 heavy (non-hydrogen) atoms. The van der Waals surface area contributed by atoms with Crippen LogP contribution >= 0.6 is 0 Å². The Morgan fingerprint density at radius 1 is 1.33 bits per heavy atom. The van der Waals surface area contributed by atoms with Gasteiger partial charge in [0.1, 0.15) is 0 Å². The fraction of sp³-hybridized carbons (Fsp3) is 0.933. The summed E-state index contributed by atoms with van der Waals surface area (Å²) >= 11 is 0. The normalized spacial score (nSPS) is 26.4. The number of carbonyl (C=O) groups excluding carboxylic acids is 1. The van der Waals surface area contributed by atoms with E-state index in [9.17, 15) is 4.79 Å². The van der Waals surface area contributed by atoms with Crippen molar-refractivity contribution in [3.8, 4) is 0 Å². The standard InChI is InChI=1S/C15H30N2O/c1-11(2)8-17-9-12(3)7-13(10-17)16-14(18)15(4,5)6/h11-13H,7-10H2,1-6H3,(H,16,18). The van der Waals surface area contributed by atoms with Gasteiger partial charge in [0, 0.05) is 31.1 Å². The third kappa shape index (κ3) is 4.97. The molecule has 1 rings (SSSR count). The first-order valence-electron chi connectivity index (χ1n) is 7.21. The Labute approximate surface area is 112 Å². The van der Waals surface area contributed by atoms with E-state index in [4.69, 9.17) is 0 Å². The van der Waals surface area contributed by atoms with Crippen molar-refractivity contribution in [2.75, 3.05) is 19.6 Å². The van der Waals surface area contributed by atoms with Gasteiger partial charge in [-0.15, -0.1) is 0 Å². The van der Waals surface area contributed by atoms with Crippen LogP contribution < -0.4 is 5.32 Å². The Bertz CT molecular complexity index is 279. The number of rotatable bonds is 3. The summed E-state index contributed by atoms with van der Waals surface area (Å²) in [5.41, 5.74) is -0.288. The molecule has 0 bridgehead atoms. The van der Waals surface area contributed by atoms with Crippen LogP contribution in [0.5, 0.6) is 0 Å². The Kier molecular flexibility index (Phi) is 5.20. The van der Waals surface area contributed by atoms with E-state index in [1.54, 1.807) is 0 Å². The van der Waals surface area contributed by atoms with E-state index >= 15 is 0 Å². The molecule has 0 saturated carbocycles. The summed E-state index contributed by atoms with van der Waals surface area (Å²) in [5.74, 6) is 1.53. The molecule has 1 aliphatic heterocycles. The van der Waals surface area contributed by atoms with E-state index in [1.807, 2.05) is 20.8 Å². The van der Waals surface area contributed by atoms with Crippen molar-refractivity contribution >= 4 is 5.91 Å². The quantitative estimate of drug-likeness (QED) is 0.839. The zero-order chi connectivity index (χ0) is 13.9. The SMILES string of the molecule is CC(C)CN1CC(C)CC(NC(=O)C(C)(C)C)C1. The molecule has 0 aromatic rings. The van der Waals surface area contributed by atoms with E-state index in [0.29, 0.717) is 17.9 Å². The number of nitrogens with zero attached hydrogens (tertiary/aromatic N) is 1. The van der Waals surface area contributed by atoms with E-state index in [2.05, 4.69) is 31.0 Å². The molecule has 0 radical (unpaired) electrons. The second-order valence-electron chi connectivity index (χ2n) is 7.37. The molecule has 0 aromatic carbocycles. The highest BCUT2D eigenvalue weighted by molar-refractivity contribution is 5.81. The molecule has 1 N–H and O–H groups in total. The van der Waals surface area contributed by atoms with Crippen molar-refractivity contribution in [1.29, 1.82) is 0 Å². The smallest absolute Gasteiger partial charge is 0.225 e. The van der Waals surface area contributed by atoms with Crippen LogP contribution in [0, 0.1) is 17.3 Å². The second-order valence-corrected chi connectivity index (χ2v) is 7.37. The van der Waals surface area contributed by atoms with Crippen molar-refractivity contribution in [3.63, 3.8) is 0 Å². The Morgan fingerprint density at radius 3 is 2.44 bits per heavy atom. The second kappa shape index (κ2) is 6.05. The number of nitrogens with one attached hydrogen (secondary N) is 1. The van der Waals surface area contributed by atoms with Crippen molar-refractivity contribution < 1.29 is 4.79 Å². The summed E-state index contributed by atoms with van der Waals surface area (Å²) < 4.78 is 0. The minimum Gasteiger partial charge on any atom is -0.352 e. The van der Waals surface area contributed by atoms with Crippen molar-refractivity contribution in [3.05, 3.63) is 0 Å². The van der Waals surface area contributed by atoms with Gasteiger partial charge in [0.05, 0.1) is 0 Å². The summed E-state index contributed by atoms with van der Waals surface area (Å²) in [5, 5.41) is 3.21. The predicted octanol–water partition coefficient (Wildman–Crippen LogP) is 2.52. The van der Waals surface area contributed by atoms with Crippen molar-refractivity contribution in [1.82, 2.24) is 10.2 Å². The number of amides is 1. The summed E-state index contributed by atoms with van der Waals surface area (Å²) in [6.07, 6.45) is 1.11. The molecule has 0 aromatic heterocycles. The molecule has 2 unspecified atom stereocenters. The zero-order valence-corrected chi connectivity index (χ0v) is 12.9. The van der Waals surface area contributed by atoms with Gasteiger partial charge in [-0.05, 0) is 18.3 Å². The molecule has 2 atom stereocenters. The number of piperidine rings is 1. The highest BCUT2D eigenvalue weighted by atomic mass is 16.2. The zero-order valence-electron chi connectivity index (χ0n) is 12.9. The lowest BCUT2D eigenvalue weighted by atomic mass is 9.92. The molecule has 1 aliphatic rings. The van der Waals surface area contributed by atoms with Gasteiger partial charge in [0.25, 0.3) is 0 Å². The molecule has 1 saturated heterocycles. The summed E-state index contributed by atoms with van der Waals surface area (Å²) in [4.78, 5) is 14.5. The topological polar surface area (TPSA) is 32.3 Å². The van der Waals surface area contributed by atoms with Crippen LogP contribution in [0.2, 0.25) is 0 Å². The lowest BCUT2D eigenvalue weighted by Gasteiger charge is -2.38. The fourth-order valence-corrected chi connectivity index (χ4v) is 2.63. The molecule has 1 amide bonds. The molecular weight excluding hydrogens is 224 g/mol. The molecular formula is C15H30N2O. The van der Waals surface area contributed by atoms with Crippen LogP contribution in [0.1, 0.15) is 48.0 Å². The Balaban J connectivity index is 2.53. The maximum atomic E-state index is 12.0. The number of likely N-dealkylation sites (tertiary alicyclic amines) is 1. The van der Waals surface area contributed by atoms with Gasteiger partial charge in [-0.25, -0.2) is 0 Å². The van der Waals surface area contributed by atoms with E-state index in [-0.39, 0.29) is 11.3 Å². The first-order chi connectivity index (χ1) is 8.18. The number of hydrogen-bond donors (Lipinski definition) is 1. The third-order valence-electron chi connectivity index (χ3n) is 3.38. The van der Waals surface area contributed by atoms with Crippen LogP contribution in [0.3, 0.4) is 0 Å². The monoisotopic (exact) mass is 254 g/mol. The first kappa shape index (κ1) is 15.5. The van der Waals surface area contributed by atoms with E-state index < -0.39 is 0 Å². The molecule has 1 fully saturated rings. The van der Waals surface area contributed by atoms with Crippen LogP contribution in [0.4, 0.5) is 0 Å². The molecule has 1 heterocycles. The summed E-state index contributed by atoms with van der Waals surface area (Å²) in [6.45, 7) is 16.0. The number of carbonyl (C=O) groups is 1. The highest BCUT2D eigenvalue weighted by Gasteiger charge is 2.29. The number of hydrogen-bond acceptors (Lipinski definition) is 2. The van der Waals surface area contributed by atoms with Gasteiger partial charge in [-0.1, -0.05) is 41.5 Å². The lowest BCUT2D eigenvalue weighted by Crippen LogP contribution is -2.53. The van der Waals surface area contributed by atoms with Gasteiger partial charge in [0.15, 0.2) is 0 Å². The van der Waals surface area contributed by atoms with Gasteiger partial charge in [0.2, 0.25) is 5.91 Å². The molecule has 0 spiro atoms.